The van der Waals surface area contributed by atoms with Crippen LogP contribution in [0.4, 0.5) is 0 Å². The monoisotopic (exact) mass is 219 g/mol. The Morgan fingerprint density at radius 1 is 1.50 bits per heavy atom. The minimum atomic E-state index is 0.324. The molecule has 0 aliphatic carbocycles. The Hall–Kier alpha value is -1.62. The van der Waals surface area contributed by atoms with Gasteiger partial charge in [0.2, 0.25) is 0 Å². The van der Waals surface area contributed by atoms with E-state index in [1.165, 1.54) is 0 Å². The van der Waals surface area contributed by atoms with E-state index in [4.69, 9.17) is 0 Å². The predicted molar refractivity (Wildman–Crippen MR) is 61.8 cm³/mol. The molecule has 2 heterocycles. The van der Waals surface area contributed by atoms with Gasteiger partial charge in [0.15, 0.2) is 0 Å². The molecule has 1 unspecified atom stereocenters. The number of nitrogens with one attached hydrogen (secondary N) is 2. The van der Waals surface area contributed by atoms with Crippen molar-refractivity contribution in [1.29, 1.82) is 0 Å². The van der Waals surface area contributed by atoms with Gasteiger partial charge in [-0.1, -0.05) is 0 Å². The number of aromatic nitrogens is 4. The van der Waals surface area contributed by atoms with E-state index in [2.05, 4.69) is 32.0 Å². The number of hydrogen-bond donors (Lipinski definition) is 2. The van der Waals surface area contributed by atoms with Gasteiger partial charge in [0.25, 0.3) is 0 Å². The molecule has 0 radical (unpaired) electrons. The number of aromatic amines is 1. The van der Waals surface area contributed by atoms with Crippen LogP contribution < -0.4 is 5.32 Å². The Bertz CT molecular complexity index is 378. The van der Waals surface area contributed by atoms with Crippen LogP contribution in [0.3, 0.4) is 0 Å². The zero-order chi connectivity index (χ0) is 11.2. The molecule has 86 valence electrons. The summed E-state index contributed by atoms with van der Waals surface area (Å²) < 4.78 is 2.09. The Morgan fingerprint density at radius 3 is 3.12 bits per heavy atom. The summed E-state index contributed by atoms with van der Waals surface area (Å²) in [5.41, 5.74) is 1.13. The van der Waals surface area contributed by atoms with Crippen LogP contribution in [0.5, 0.6) is 0 Å². The number of hydrogen-bond acceptors (Lipinski definition) is 3. The number of H-pyrrole nitrogens is 1. The van der Waals surface area contributed by atoms with Gasteiger partial charge in [-0.15, -0.1) is 0 Å². The Morgan fingerprint density at radius 2 is 2.44 bits per heavy atom. The lowest BCUT2D eigenvalue weighted by molar-refractivity contribution is 0.518. The minimum Gasteiger partial charge on any atom is -0.337 e. The lowest BCUT2D eigenvalue weighted by Gasteiger charge is -2.11. The SMILES string of the molecule is CC(NCCCn1ccnc1)c1ccn[nH]1. The summed E-state index contributed by atoms with van der Waals surface area (Å²) in [7, 11) is 0. The first kappa shape index (κ1) is 10.9. The summed E-state index contributed by atoms with van der Waals surface area (Å²) in [4.78, 5) is 4.01. The Balaban J connectivity index is 1.65. The quantitative estimate of drug-likeness (QED) is 0.721. The maximum absolute atomic E-state index is 4.01. The largest absolute Gasteiger partial charge is 0.337 e. The van der Waals surface area contributed by atoms with Gasteiger partial charge in [-0.3, -0.25) is 5.10 Å². The van der Waals surface area contributed by atoms with E-state index < -0.39 is 0 Å². The molecule has 2 rings (SSSR count). The van der Waals surface area contributed by atoms with Crippen LogP contribution in [-0.2, 0) is 6.54 Å². The van der Waals surface area contributed by atoms with E-state index in [0.29, 0.717) is 6.04 Å². The van der Waals surface area contributed by atoms with Crippen LogP contribution in [0.15, 0.2) is 31.0 Å². The zero-order valence-electron chi connectivity index (χ0n) is 9.43. The molecule has 0 saturated carbocycles. The van der Waals surface area contributed by atoms with Gasteiger partial charge >= 0.3 is 0 Å². The third-order valence-corrected chi connectivity index (χ3v) is 2.59. The van der Waals surface area contributed by atoms with Gasteiger partial charge in [0.1, 0.15) is 0 Å². The summed E-state index contributed by atoms with van der Waals surface area (Å²) in [6.45, 7) is 4.12. The van der Waals surface area contributed by atoms with E-state index in [0.717, 1.165) is 25.2 Å². The zero-order valence-corrected chi connectivity index (χ0v) is 9.43. The van der Waals surface area contributed by atoms with Gasteiger partial charge in [0.05, 0.1) is 12.0 Å². The lowest BCUT2D eigenvalue weighted by atomic mass is 10.2. The summed E-state index contributed by atoms with van der Waals surface area (Å²) in [5, 5.41) is 10.3. The van der Waals surface area contributed by atoms with Crippen molar-refractivity contribution in [2.24, 2.45) is 0 Å². The predicted octanol–water partition coefficient (Wildman–Crippen LogP) is 1.35. The molecule has 0 aliphatic rings. The van der Waals surface area contributed by atoms with Crippen molar-refractivity contribution in [2.75, 3.05) is 6.54 Å². The average molecular weight is 219 g/mol. The summed E-state index contributed by atoms with van der Waals surface area (Å²) >= 11 is 0. The fourth-order valence-electron chi connectivity index (χ4n) is 1.62. The standard InChI is InChI=1S/C11H17N5/c1-10(11-3-5-14-15-11)13-4-2-7-16-8-6-12-9-16/h3,5-6,8-10,13H,2,4,7H2,1H3,(H,14,15). The Labute approximate surface area is 94.9 Å². The maximum atomic E-state index is 4.01. The molecule has 0 bridgehead atoms. The van der Waals surface area contributed by atoms with Crippen molar-refractivity contribution in [3.63, 3.8) is 0 Å². The van der Waals surface area contributed by atoms with E-state index >= 15 is 0 Å². The fraction of sp³-hybridized carbons (Fsp3) is 0.455. The lowest BCUT2D eigenvalue weighted by Crippen LogP contribution is -2.21. The van der Waals surface area contributed by atoms with E-state index in [-0.39, 0.29) is 0 Å². The molecule has 5 heteroatoms. The summed E-state index contributed by atoms with van der Waals surface area (Å²) in [6, 6.07) is 2.32. The second-order valence-electron chi connectivity index (χ2n) is 3.84. The molecule has 16 heavy (non-hydrogen) atoms. The number of imidazole rings is 1. The third-order valence-electron chi connectivity index (χ3n) is 2.59. The molecule has 1 atom stereocenters. The maximum Gasteiger partial charge on any atom is 0.0945 e. The number of aryl methyl sites for hydroxylation is 1. The van der Waals surface area contributed by atoms with Gasteiger partial charge in [0, 0.05) is 31.2 Å². The number of nitrogens with zero attached hydrogens (tertiary/aromatic N) is 3. The second-order valence-corrected chi connectivity index (χ2v) is 3.84. The smallest absolute Gasteiger partial charge is 0.0945 e. The highest BCUT2D eigenvalue weighted by Crippen LogP contribution is 2.06. The first-order valence-corrected chi connectivity index (χ1v) is 5.54. The van der Waals surface area contributed by atoms with Gasteiger partial charge < -0.3 is 9.88 Å². The third kappa shape index (κ3) is 2.93. The van der Waals surface area contributed by atoms with Crippen LogP contribution in [0.1, 0.15) is 25.1 Å². The Kier molecular flexibility index (Phi) is 3.71. The molecule has 2 aromatic rings. The second kappa shape index (κ2) is 5.46. The van der Waals surface area contributed by atoms with Crippen molar-refractivity contribution in [2.45, 2.75) is 25.9 Å². The molecule has 5 nitrogen and oxygen atoms in total. The molecule has 2 aromatic heterocycles. The van der Waals surface area contributed by atoms with Gasteiger partial charge in [-0.05, 0) is 26.0 Å². The van der Waals surface area contributed by atoms with Crippen molar-refractivity contribution in [1.82, 2.24) is 25.1 Å². The van der Waals surface area contributed by atoms with Crippen LogP contribution in [0.25, 0.3) is 0 Å². The van der Waals surface area contributed by atoms with Gasteiger partial charge in [-0.25, -0.2) is 4.98 Å². The van der Waals surface area contributed by atoms with Crippen LogP contribution in [-0.4, -0.2) is 26.3 Å². The topological polar surface area (TPSA) is 58.5 Å². The van der Waals surface area contributed by atoms with Gasteiger partial charge in [-0.2, -0.15) is 5.10 Å². The molecular formula is C11H17N5. The van der Waals surface area contributed by atoms with Crippen LogP contribution >= 0.6 is 0 Å². The first-order valence-electron chi connectivity index (χ1n) is 5.54. The number of rotatable bonds is 6. The van der Waals surface area contributed by atoms with E-state index in [1.807, 2.05) is 18.6 Å². The molecule has 0 amide bonds. The molecule has 0 saturated heterocycles. The van der Waals surface area contributed by atoms with Crippen LogP contribution in [0.2, 0.25) is 0 Å². The van der Waals surface area contributed by atoms with Crippen molar-refractivity contribution >= 4 is 0 Å². The molecule has 0 aromatic carbocycles. The molecular weight excluding hydrogens is 202 g/mol. The first-order chi connectivity index (χ1) is 7.86. The van der Waals surface area contributed by atoms with Crippen molar-refractivity contribution in [3.05, 3.63) is 36.7 Å². The highest BCUT2D eigenvalue weighted by molar-refractivity contribution is 5.02. The average Bonchev–Trinajstić information content (AvgIpc) is 2.96. The molecule has 0 aliphatic heterocycles. The normalized spacial score (nSPS) is 12.8. The highest BCUT2D eigenvalue weighted by atomic mass is 15.1. The summed E-state index contributed by atoms with van der Waals surface area (Å²) in [6.07, 6.45) is 8.51. The molecule has 0 spiro atoms. The van der Waals surface area contributed by atoms with E-state index in [9.17, 15) is 0 Å². The summed E-state index contributed by atoms with van der Waals surface area (Å²) in [5.74, 6) is 0. The fourth-order valence-corrected chi connectivity index (χ4v) is 1.62. The van der Waals surface area contributed by atoms with Crippen LogP contribution in [0, 0.1) is 0 Å². The molecule has 2 N–H and O–H groups in total. The minimum absolute atomic E-state index is 0.324. The van der Waals surface area contributed by atoms with Crippen molar-refractivity contribution < 1.29 is 0 Å². The highest BCUT2D eigenvalue weighted by Gasteiger charge is 2.04. The van der Waals surface area contributed by atoms with Crippen molar-refractivity contribution in [3.8, 4) is 0 Å². The molecule has 0 fully saturated rings. The van der Waals surface area contributed by atoms with E-state index in [1.54, 1.807) is 12.4 Å².